The van der Waals surface area contributed by atoms with Gasteiger partial charge in [-0.1, -0.05) is 53.5 Å². The van der Waals surface area contributed by atoms with Crippen LogP contribution in [0.2, 0.25) is 10.0 Å². The van der Waals surface area contributed by atoms with Crippen molar-refractivity contribution in [1.29, 1.82) is 5.26 Å². The van der Waals surface area contributed by atoms with Gasteiger partial charge in [0.2, 0.25) is 5.91 Å². The van der Waals surface area contributed by atoms with Gasteiger partial charge in [-0.25, -0.2) is 0 Å². The highest BCUT2D eigenvalue weighted by molar-refractivity contribution is 6.33. The number of aromatic amines is 1. The van der Waals surface area contributed by atoms with Crippen LogP contribution in [0.4, 0.5) is 13.2 Å². The minimum Gasteiger partial charge on any atom is -0.507 e. The molecular weight excluding hydrogens is 680 g/mol. The molecular formula is C36H33Cl2F3N4O4. The highest BCUT2D eigenvalue weighted by atomic mass is 35.5. The Kier molecular flexibility index (Phi) is 11.7. The third-order valence-corrected chi connectivity index (χ3v) is 9.04. The number of amides is 1. The Labute approximate surface area is 291 Å². The predicted octanol–water partition coefficient (Wildman–Crippen LogP) is 7.20. The molecule has 3 aromatic carbocycles. The van der Waals surface area contributed by atoms with Crippen molar-refractivity contribution in [1.82, 2.24) is 15.2 Å². The third-order valence-electron chi connectivity index (χ3n) is 8.49. The molecule has 256 valence electrons. The second-order valence-corrected chi connectivity index (χ2v) is 12.6. The van der Waals surface area contributed by atoms with Gasteiger partial charge in [0.15, 0.2) is 0 Å². The smallest absolute Gasteiger partial charge is 0.416 e. The highest BCUT2D eigenvalue weighted by Gasteiger charge is 2.32. The van der Waals surface area contributed by atoms with E-state index in [0.29, 0.717) is 31.6 Å². The van der Waals surface area contributed by atoms with E-state index in [1.54, 1.807) is 6.07 Å². The van der Waals surface area contributed by atoms with Crippen molar-refractivity contribution >= 4 is 29.1 Å². The van der Waals surface area contributed by atoms with Gasteiger partial charge in [-0.05, 0) is 79.9 Å². The molecule has 1 aromatic heterocycles. The van der Waals surface area contributed by atoms with Crippen molar-refractivity contribution in [2.24, 2.45) is 5.92 Å². The van der Waals surface area contributed by atoms with E-state index in [2.05, 4.69) is 15.2 Å². The van der Waals surface area contributed by atoms with E-state index in [9.17, 15) is 33.1 Å². The van der Waals surface area contributed by atoms with E-state index >= 15 is 0 Å². The Morgan fingerprint density at radius 2 is 1.78 bits per heavy atom. The molecule has 3 N–H and O–H groups in total. The molecule has 1 amide bonds. The summed E-state index contributed by atoms with van der Waals surface area (Å²) in [4.78, 5) is 30.7. The zero-order valence-electron chi connectivity index (χ0n) is 26.2. The lowest BCUT2D eigenvalue weighted by molar-refractivity contribution is -0.137. The number of likely N-dealkylation sites (tertiary alicyclic amines) is 1. The van der Waals surface area contributed by atoms with E-state index in [4.69, 9.17) is 27.9 Å². The zero-order valence-corrected chi connectivity index (χ0v) is 27.8. The van der Waals surface area contributed by atoms with Crippen LogP contribution in [0.5, 0.6) is 5.75 Å². The fraction of sp³-hybridized carbons (Fsp3) is 0.306. The van der Waals surface area contributed by atoms with Gasteiger partial charge in [-0.3, -0.25) is 9.59 Å². The van der Waals surface area contributed by atoms with Crippen molar-refractivity contribution in [3.63, 3.8) is 0 Å². The maximum atomic E-state index is 13.5. The number of ether oxygens (including phenoxy) is 1. The van der Waals surface area contributed by atoms with Gasteiger partial charge in [0.1, 0.15) is 17.4 Å². The maximum absolute atomic E-state index is 13.5. The summed E-state index contributed by atoms with van der Waals surface area (Å²) in [5.41, 5.74) is -1.07. The van der Waals surface area contributed by atoms with Gasteiger partial charge >= 0.3 is 6.18 Å². The zero-order chi connectivity index (χ0) is 35.1. The van der Waals surface area contributed by atoms with Crippen LogP contribution in [0.1, 0.15) is 35.1 Å². The average Bonchev–Trinajstić information content (AvgIpc) is 3.08. The number of rotatable bonds is 11. The number of nitriles is 1. The van der Waals surface area contributed by atoms with Crippen LogP contribution in [-0.4, -0.2) is 53.7 Å². The van der Waals surface area contributed by atoms with E-state index in [1.165, 1.54) is 18.2 Å². The Balaban J connectivity index is 1.22. The fourth-order valence-corrected chi connectivity index (χ4v) is 6.29. The molecule has 1 saturated heterocycles. The van der Waals surface area contributed by atoms with E-state index < -0.39 is 22.9 Å². The number of nitrogens with one attached hydrogen (secondary N) is 2. The summed E-state index contributed by atoms with van der Waals surface area (Å²) in [6.07, 6.45) is -3.07. The summed E-state index contributed by atoms with van der Waals surface area (Å²) in [6.45, 7) is 3.71. The molecule has 1 aliphatic heterocycles. The van der Waals surface area contributed by atoms with Crippen molar-refractivity contribution in [2.75, 3.05) is 32.8 Å². The second kappa shape index (κ2) is 15.9. The normalized spacial score (nSPS) is 14.0. The molecule has 0 radical (unpaired) electrons. The third kappa shape index (κ3) is 9.02. The lowest BCUT2D eigenvalue weighted by Gasteiger charge is -2.31. The van der Waals surface area contributed by atoms with Gasteiger partial charge in [0.25, 0.3) is 5.56 Å². The highest BCUT2D eigenvalue weighted by Crippen LogP contribution is 2.39. The van der Waals surface area contributed by atoms with Gasteiger partial charge < -0.3 is 25.0 Å². The molecule has 2 heterocycles. The quantitative estimate of drug-likeness (QED) is 0.142. The van der Waals surface area contributed by atoms with Crippen molar-refractivity contribution in [3.05, 3.63) is 109 Å². The monoisotopic (exact) mass is 712 g/mol. The molecule has 0 aliphatic carbocycles. The number of phenolic OH excluding ortho intramolecular Hbond substituents is 1. The fourth-order valence-electron chi connectivity index (χ4n) is 5.83. The summed E-state index contributed by atoms with van der Waals surface area (Å²) in [5.74, 6) is -0.474. The number of nitrogens with zero attached hydrogens (tertiary/aromatic N) is 2. The number of carbonyl (C=O) groups excluding carboxylic acids is 1. The van der Waals surface area contributed by atoms with Crippen molar-refractivity contribution < 1.29 is 27.8 Å². The Bertz CT molecular complexity index is 1900. The molecule has 8 nitrogen and oxygen atoms in total. The molecule has 0 spiro atoms. The lowest BCUT2D eigenvalue weighted by atomic mass is 9.95. The maximum Gasteiger partial charge on any atom is 0.416 e. The topological polar surface area (TPSA) is 118 Å². The van der Waals surface area contributed by atoms with E-state index in [0.717, 1.165) is 43.4 Å². The number of phenols is 1. The number of carbonyl (C=O) groups is 1. The Morgan fingerprint density at radius 3 is 2.47 bits per heavy atom. The molecule has 0 unspecified atom stereocenters. The Hall–Kier alpha value is -4.34. The van der Waals surface area contributed by atoms with Gasteiger partial charge in [-0.15, -0.1) is 0 Å². The number of alkyl halides is 3. The Morgan fingerprint density at radius 1 is 1.04 bits per heavy atom. The number of aromatic nitrogens is 1. The molecule has 4 aromatic rings. The van der Waals surface area contributed by atoms with E-state index in [-0.39, 0.29) is 63.0 Å². The first-order valence-electron chi connectivity index (χ1n) is 15.6. The van der Waals surface area contributed by atoms with Crippen molar-refractivity contribution in [2.45, 2.75) is 32.0 Å². The number of aromatic hydroxyl groups is 1. The molecule has 5 rings (SSSR count). The lowest BCUT2D eigenvalue weighted by Crippen LogP contribution is -2.42. The summed E-state index contributed by atoms with van der Waals surface area (Å²) < 4.78 is 46.2. The van der Waals surface area contributed by atoms with Gasteiger partial charge in [0.05, 0.1) is 24.5 Å². The van der Waals surface area contributed by atoms with Crippen molar-refractivity contribution in [3.8, 4) is 34.2 Å². The summed E-state index contributed by atoms with van der Waals surface area (Å²) in [7, 11) is 0. The molecule has 49 heavy (non-hydrogen) atoms. The minimum atomic E-state index is -4.69. The largest absolute Gasteiger partial charge is 0.507 e. The van der Waals surface area contributed by atoms with E-state index in [1.807, 2.05) is 30.3 Å². The first kappa shape index (κ1) is 36.0. The first-order valence-corrected chi connectivity index (χ1v) is 16.4. The summed E-state index contributed by atoms with van der Waals surface area (Å²) in [6, 6.07) is 18.5. The number of piperidine rings is 1. The number of hydrogen-bond donors (Lipinski definition) is 3. The minimum absolute atomic E-state index is 0.00925. The van der Waals surface area contributed by atoms with Crippen LogP contribution in [-0.2, 0) is 28.7 Å². The second-order valence-electron chi connectivity index (χ2n) is 11.8. The predicted molar refractivity (Wildman–Crippen MR) is 181 cm³/mol. The number of halogens is 5. The first-order chi connectivity index (χ1) is 23.4. The van der Waals surface area contributed by atoms with Crippen LogP contribution in [0, 0.1) is 17.2 Å². The number of H-pyrrole nitrogens is 1. The van der Waals surface area contributed by atoms with Crippen LogP contribution in [0.15, 0.2) is 71.5 Å². The number of hydrogen-bond acceptors (Lipinski definition) is 6. The van der Waals surface area contributed by atoms with Crippen LogP contribution in [0.25, 0.3) is 22.4 Å². The average molecular weight is 714 g/mol. The summed E-state index contributed by atoms with van der Waals surface area (Å²) >= 11 is 12.6. The van der Waals surface area contributed by atoms with Gasteiger partial charge in [-0.2, -0.15) is 18.4 Å². The molecule has 0 atom stereocenters. The molecule has 0 bridgehead atoms. The molecule has 13 heteroatoms. The molecule has 1 aliphatic rings. The van der Waals surface area contributed by atoms with Crippen LogP contribution < -0.4 is 10.9 Å². The SMILES string of the molecule is N#Cc1c(-c2cc(C(F)(F)F)ccc2Cl)cc(-c2cc(Cl)cc(CCNC(=O)C3CCN(CCOCc4ccccc4)CC3)c2O)[nH]c1=O. The van der Waals surface area contributed by atoms with Gasteiger partial charge in [0, 0.05) is 45.7 Å². The standard InChI is InChI=1S/C36H33Cl2F3N4O4/c37-26-16-24(8-11-43-34(47)23-9-12-45(13-10-23)14-15-49-21-22-4-2-1-3-5-22)33(46)29(18-26)32-19-27(30(20-42)35(48)44-32)28-17-25(36(39,40)41)6-7-31(28)38/h1-7,16-19,23,46H,8-15,21H2,(H,43,47)(H,44,48). The van der Waals surface area contributed by atoms with Crippen LogP contribution >= 0.6 is 23.2 Å². The van der Waals surface area contributed by atoms with Crippen LogP contribution in [0.3, 0.4) is 0 Å². The number of pyridine rings is 1. The number of benzene rings is 3. The molecule has 0 saturated carbocycles. The molecule has 1 fully saturated rings. The summed E-state index contributed by atoms with van der Waals surface area (Å²) in [5, 5.41) is 23.9.